The van der Waals surface area contributed by atoms with Crippen LogP contribution in [-0.2, 0) is 7.05 Å². The molecule has 82 valence electrons. The van der Waals surface area contributed by atoms with Crippen LogP contribution in [0.2, 0.25) is 0 Å². The standard InChI is InChI=1S/C11H12N4O/c1-8(9(6-12)7-13)5-10(16)11-14-3-4-15(11)2/h3-4,8-9H,5H2,1-2H3. The Morgan fingerprint density at radius 2 is 2.19 bits per heavy atom. The summed E-state index contributed by atoms with van der Waals surface area (Å²) in [7, 11) is 1.73. The van der Waals surface area contributed by atoms with Crippen molar-refractivity contribution in [3.63, 3.8) is 0 Å². The third-order valence-electron chi connectivity index (χ3n) is 2.43. The molecule has 0 amide bonds. The van der Waals surface area contributed by atoms with E-state index in [1.54, 1.807) is 30.9 Å². The Labute approximate surface area is 93.9 Å². The van der Waals surface area contributed by atoms with Crippen LogP contribution in [0.3, 0.4) is 0 Å². The molecule has 1 rings (SSSR count). The van der Waals surface area contributed by atoms with Crippen molar-refractivity contribution in [2.45, 2.75) is 13.3 Å². The largest absolute Gasteiger partial charge is 0.332 e. The van der Waals surface area contributed by atoms with E-state index in [9.17, 15) is 4.79 Å². The monoisotopic (exact) mass is 216 g/mol. The normalized spacial score (nSPS) is 11.8. The van der Waals surface area contributed by atoms with Crippen molar-refractivity contribution in [1.82, 2.24) is 9.55 Å². The van der Waals surface area contributed by atoms with Gasteiger partial charge in [0.2, 0.25) is 0 Å². The van der Waals surface area contributed by atoms with Gasteiger partial charge in [0.25, 0.3) is 0 Å². The maximum atomic E-state index is 11.8. The fraction of sp³-hybridized carbons (Fsp3) is 0.455. The van der Waals surface area contributed by atoms with Crippen molar-refractivity contribution in [3.8, 4) is 12.1 Å². The predicted octanol–water partition coefficient (Wildman–Crippen LogP) is 1.29. The molecule has 5 heteroatoms. The van der Waals surface area contributed by atoms with Gasteiger partial charge in [0.15, 0.2) is 11.6 Å². The molecule has 0 fully saturated rings. The van der Waals surface area contributed by atoms with E-state index in [0.717, 1.165) is 0 Å². The number of nitrogens with zero attached hydrogens (tertiary/aromatic N) is 4. The molecule has 16 heavy (non-hydrogen) atoms. The minimum Gasteiger partial charge on any atom is -0.332 e. The van der Waals surface area contributed by atoms with E-state index in [1.807, 2.05) is 12.1 Å². The van der Waals surface area contributed by atoms with Gasteiger partial charge >= 0.3 is 0 Å². The van der Waals surface area contributed by atoms with Crippen molar-refractivity contribution in [2.24, 2.45) is 18.9 Å². The van der Waals surface area contributed by atoms with E-state index in [4.69, 9.17) is 10.5 Å². The Morgan fingerprint density at radius 3 is 2.62 bits per heavy atom. The third kappa shape index (κ3) is 2.46. The van der Waals surface area contributed by atoms with E-state index in [1.165, 1.54) is 0 Å². The van der Waals surface area contributed by atoms with E-state index in [-0.39, 0.29) is 18.1 Å². The zero-order valence-electron chi connectivity index (χ0n) is 9.21. The summed E-state index contributed by atoms with van der Waals surface area (Å²) in [6.45, 7) is 1.72. The molecular formula is C11H12N4O. The van der Waals surface area contributed by atoms with Gasteiger partial charge in [0, 0.05) is 25.9 Å². The summed E-state index contributed by atoms with van der Waals surface area (Å²) < 4.78 is 1.63. The number of Topliss-reactive ketones (excluding diaryl/α,β-unsaturated/α-hetero) is 1. The second-order valence-corrected chi connectivity index (χ2v) is 3.70. The highest BCUT2D eigenvalue weighted by Gasteiger charge is 2.21. The molecule has 0 aliphatic carbocycles. The molecule has 0 aliphatic heterocycles. The molecule has 1 atom stereocenters. The number of carbonyl (C=O) groups is 1. The topological polar surface area (TPSA) is 82.5 Å². The second kappa shape index (κ2) is 5.09. The van der Waals surface area contributed by atoms with Crippen LogP contribution in [0.25, 0.3) is 0 Å². The van der Waals surface area contributed by atoms with E-state index in [0.29, 0.717) is 5.82 Å². The maximum absolute atomic E-state index is 11.8. The lowest BCUT2D eigenvalue weighted by atomic mass is 9.92. The van der Waals surface area contributed by atoms with Gasteiger partial charge in [0.05, 0.1) is 12.1 Å². The number of hydrogen-bond donors (Lipinski definition) is 0. The average Bonchev–Trinajstić information content (AvgIpc) is 2.66. The van der Waals surface area contributed by atoms with Crippen molar-refractivity contribution < 1.29 is 4.79 Å². The molecular weight excluding hydrogens is 204 g/mol. The first kappa shape index (κ1) is 11.9. The summed E-state index contributed by atoms with van der Waals surface area (Å²) in [4.78, 5) is 15.7. The van der Waals surface area contributed by atoms with Crippen LogP contribution >= 0.6 is 0 Å². The van der Waals surface area contributed by atoms with Gasteiger partial charge in [-0.15, -0.1) is 0 Å². The highest BCUT2D eigenvalue weighted by Crippen LogP contribution is 2.16. The molecule has 1 aromatic rings. The summed E-state index contributed by atoms with van der Waals surface area (Å²) >= 11 is 0. The average molecular weight is 216 g/mol. The minimum absolute atomic E-state index is 0.143. The first-order chi connectivity index (χ1) is 7.60. The van der Waals surface area contributed by atoms with E-state index >= 15 is 0 Å². The Balaban J connectivity index is 2.70. The van der Waals surface area contributed by atoms with Gasteiger partial charge < -0.3 is 4.57 Å². The van der Waals surface area contributed by atoms with Crippen LogP contribution < -0.4 is 0 Å². The number of aryl methyl sites for hydroxylation is 1. The molecule has 0 saturated carbocycles. The minimum atomic E-state index is -0.746. The Bertz CT molecular complexity index is 449. The number of carbonyl (C=O) groups excluding carboxylic acids is 1. The van der Waals surface area contributed by atoms with Gasteiger partial charge in [-0.2, -0.15) is 10.5 Å². The van der Waals surface area contributed by atoms with Crippen LogP contribution in [0.5, 0.6) is 0 Å². The molecule has 0 N–H and O–H groups in total. The summed E-state index contributed by atoms with van der Waals surface area (Å²) in [5.74, 6) is -0.805. The van der Waals surface area contributed by atoms with Crippen molar-refractivity contribution in [2.75, 3.05) is 0 Å². The fourth-order valence-electron chi connectivity index (χ4n) is 1.42. The summed E-state index contributed by atoms with van der Waals surface area (Å²) in [6, 6.07) is 3.75. The van der Waals surface area contributed by atoms with Crippen LogP contribution in [0.1, 0.15) is 24.0 Å². The number of nitriles is 2. The lowest BCUT2D eigenvalue weighted by Gasteiger charge is -2.09. The quantitative estimate of drug-likeness (QED) is 0.710. The number of imidazole rings is 1. The smallest absolute Gasteiger partial charge is 0.198 e. The van der Waals surface area contributed by atoms with Gasteiger partial charge in [-0.3, -0.25) is 4.79 Å². The van der Waals surface area contributed by atoms with E-state index < -0.39 is 5.92 Å². The summed E-state index contributed by atoms with van der Waals surface area (Å²) in [5, 5.41) is 17.4. The zero-order chi connectivity index (χ0) is 12.1. The van der Waals surface area contributed by atoms with Crippen molar-refractivity contribution >= 4 is 5.78 Å². The molecule has 0 aromatic carbocycles. The fourth-order valence-corrected chi connectivity index (χ4v) is 1.42. The van der Waals surface area contributed by atoms with E-state index in [2.05, 4.69) is 4.98 Å². The molecule has 0 aliphatic rings. The van der Waals surface area contributed by atoms with Crippen LogP contribution in [-0.4, -0.2) is 15.3 Å². The van der Waals surface area contributed by atoms with Crippen LogP contribution in [0.15, 0.2) is 12.4 Å². The lowest BCUT2D eigenvalue weighted by molar-refractivity contribution is 0.0947. The molecule has 1 unspecified atom stereocenters. The first-order valence-electron chi connectivity index (χ1n) is 4.90. The highest BCUT2D eigenvalue weighted by molar-refractivity contribution is 5.92. The summed E-state index contributed by atoms with van der Waals surface area (Å²) in [6.07, 6.45) is 3.39. The number of aromatic nitrogens is 2. The molecule has 5 nitrogen and oxygen atoms in total. The van der Waals surface area contributed by atoms with Crippen molar-refractivity contribution in [1.29, 1.82) is 10.5 Å². The molecule has 1 heterocycles. The third-order valence-corrected chi connectivity index (χ3v) is 2.43. The molecule has 0 saturated heterocycles. The number of rotatable bonds is 4. The van der Waals surface area contributed by atoms with Gasteiger partial charge in [-0.1, -0.05) is 6.92 Å². The summed E-state index contributed by atoms with van der Waals surface area (Å²) in [5.41, 5.74) is 0. The molecule has 1 aromatic heterocycles. The zero-order valence-corrected chi connectivity index (χ0v) is 9.21. The Kier molecular flexibility index (Phi) is 3.79. The Hall–Kier alpha value is -2.14. The number of ketones is 1. The van der Waals surface area contributed by atoms with Crippen LogP contribution in [0, 0.1) is 34.5 Å². The Morgan fingerprint density at radius 1 is 1.56 bits per heavy atom. The predicted molar refractivity (Wildman–Crippen MR) is 56.0 cm³/mol. The molecule has 0 bridgehead atoms. The van der Waals surface area contributed by atoms with Crippen molar-refractivity contribution in [3.05, 3.63) is 18.2 Å². The highest BCUT2D eigenvalue weighted by atomic mass is 16.1. The maximum Gasteiger partial charge on any atom is 0.198 e. The SMILES string of the molecule is CC(CC(=O)c1nccn1C)C(C#N)C#N. The van der Waals surface area contributed by atoms with Gasteiger partial charge in [-0.25, -0.2) is 4.98 Å². The molecule has 0 spiro atoms. The second-order valence-electron chi connectivity index (χ2n) is 3.70. The first-order valence-corrected chi connectivity index (χ1v) is 4.90. The van der Waals surface area contributed by atoms with Gasteiger partial charge in [-0.05, 0) is 5.92 Å². The lowest BCUT2D eigenvalue weighted by Crippen LogP contribution is -2.16. The number of hydrogen-bond acceptors (Lipinski definition) is 4. The van der Waals surface area contributed by atoms with Crippen LogP contribution in [0.4, 0.5) is 0 Å². The van der Waals surface area contributed by atoms with Gasteiger partial charge in [0.1, 0.15) is 5.92 Å². The molecule has 0 radical (unpaired) electrons.